The second-order valence-corrected chi connectivity index (χ2v) is 8.46. The lowest BCUT2D eigenvalue weighted by Crippen LogP contribution is -2.57. The zero-order chi connectivity index (χ0) is 18.1. The first-order valence-corrected chi connectivity index (χ1v) is 10.1. The van der Waals surface area contributed by atoms with E-state index >= 15 is 0 Å². The molecule has 3 aliphatic heterocycles. The van der Waals surface area contributed by atoms with Crippen LogP contribution in [0.5, 0.6) is 0 Å². The number of nitrogens with one attached hydrogen (secondary N) is 1. The van der Waals surface area contributed by atoms with Crippen LogP contribution in [0.1, 0.15) is 44.2 Å². The Balaban J connectivity index is 1.46. The van der Waals surface area contributed by atoms with Crippen molar-refractivity contribution in [1.29, 1.82) is 0 Å². The highest BCUT2D eigenvalue weighted by molar-refractivity contribution is 5.77. The van der Waals surface area contributed by atoms with Crippen molar-refractivity contribution >= 4 is 6.03 Å². The molecule has 3 saturated heterocycles. The number of piperidine rings is 2. The Morgan fingerprint density at radius 1 is 1.08 bits per heavy atom. The average Bonchev–Trinajstić information content (AvgIpc) is 2.98. The molecule has 1 N–H and O–H groups in total. The van der Waals surface area contributed by atoms with E-state index in [0.29, 0.717) is 11.6 Å². The summed E-state index contributed by atoms with van der Waals surface area (Å²) in [6.45, 7) is 7.69. The van der Waals surface area contributed by atoms with E-state index in [1.807, 2.05) is 18.0 Å². The third kappa shape index (κ3) is 3.23. The standard InChI is InChI=1S/C21H32N4O/c1-21(10-12-22-13-11-21)24-14-8-18(9-15-24)25-19(16-23(2)20(25)26)17-6-4-3-5-7-17/h3-7,18-19,22H,8-16H2,1-2H3/t19-/m0/s1. The molecule has 4 rings (SSSR count). The summed E-state index contributed by atoms with van der Waals surface area (Å²) in [4.78, 5) is 19.6. The van der Waals surface area contributed by atoms with Gasteiger partial charge in [-0.3, -0.25) is 4.90 Å². The van der Waals surface area contributed by atoms with Gasteiger partial charge in [0.05, 0.1) is 6.04 Å². The number of amides is 2. The van der Waals surface area contributed by atoms with Gasteiger partial charge in [-0.25, -0.2) is 4.79 Å². The van der Waals surface area contributed by atoms with Crippen molar-refractivity contribution < 1.29 is 4.79 Å². The fraction of sp³-hybridized carbons (Fsp3) is 0.667. The van der Waals surface area contributed by atoms with Crippen molar-refractivity contribution in [2.75, 3.05) is 39.8 Å². The van der Waals surface area contributed by atoms with Crippen LogP contribution in [0.2, 0.25) is 0 Å². The number of hydrogen-bond acceptors (Lipinski definition) is 3. The van der Waals surface area contributed by atoms with Crippen molar-refractivity contribution in [3.63, 3.8) is 0 Å². The topological polar surface area (TPSA) is 38.8 Å². The lowest BCUT2D eigenvalue weighted by molar-refractivity contribution is 0.0266. The number of benzene rings is 1. The summed E-state index contributed by atoms with van der Waals surface area (Å²) in [5.74, 6) is 0. The highest BCUT2D eigenvalue weighted by Crippen LogP contribution is 2.36. The van der Waals surface area contributed by atoms with Gasteiger partial charge >= 0.3 is 6.03 Å². The molecule has 1 aromatic carbocycles. The number of urea groups is 1. The summed E-state index contributed by atoms with van der Waals surface area (Å²) >= 11 is 0. The van der Waals surface area contributed by atoms with Crippen LogP contribution in [0.25, 0.3) is 0 Å². The normalized spacial score (nSPS) is 27.9. The van der Waals surface area contributed by atoms with Crippen molar-refractivity contribution in [1.82, 2.24) is 20.0 Å². The lowest BCUT2D eigenvalue weighted by atomic mass is 9.86. The molecule has 0 unspecified atom stereocenters. The smallest absolute Gasteiger partial charge is 0.320 e. The second-order valence-electron chi connectivity index (χ2n) is 8.46. The zero-order valence-corrected chi connectivity index (χ0v) is 16.2. The first-order chi connectivity index (χ1) is 12.6. The third-order valence-corrected chi connectivity index (χ3v) is 6.82. The van der Waals surface area contributed by atoms with Gasteiger partial charge in [0.15, 0.2) is 0 Å². The van der Waals surface area contributed by atoms with E-state index in [9.17, 15) is 4.79 Å². The van der Waals surface area contributed by atoms with Gasteiger partial charge in [-0.05, 0) is 51.3 Å². The molecule has 0 aromatic heterocycles. The maximum atomic E-state index is 12.9. The number of carbonyl (C=O) groups excluding carboxylic acids is 1. The fourth-order valence-electron chi connectivity index (χ4n) is 5.07. The summed E-state index contributed by atoms with van der Waals surface area (Å²) in [5.41, 5.74) is 1.60. The minimum Gasteiger partial charge on any atom is -0.325 e. The Kier molecular flexibility index (Phi) is 4.93. The SMILES string of the molecule is CN1C[C@@H](c2ccccc2)N(C2CCN(C3(C)CCNCC3)CC2)C1=O. The molecule has 1 atom stereocenters. The van der Waals surface area contributed by atoms with Gasteiger partial charge < -0.3 is 15.1 Å². The second kappa shape index (κ2) is 7.20. The molecule has 26 heavy (non-hydrogen) atoms. The number of hydrogen-bond donors (Lipinski definition) is 1. The van der Waals surface area contributed by atoms with E-state index in [4.69, 9.17) is 0 Å². The van der Waals surface area contributed by atoms with Crippen LogP contribution in [-0.4, -0.2) is 72.1 Å². The molecule has 142 valence electrons. The minimum absolute atomic E-state index is 0.194. The molecule has 5 heteroatoms. The van der Waals surface area contributed by atoms with Gasteiger partial charge in [0.25, 0.3) is 0 Å². The van der Waals surface area contributed by atoms with Crippen molar-refractivity contribution in [3.8, 4) is 0 Å². The van der Waals surface area contributed by atoms with Gasteiger partial charge in [-0.2, -0.15) is 0 Å². The summed E-state index contributed by atoms with van der Waals surface area (Å²) in [6, 6.07) is 11.3. The molecule has 0 bridgehead atoms. The predicted octanol–water partition coefficient (Wildman–Crippen LogP) is 2.70. The molecular formula is C21H32N4O. The molecule has 1 aromatic rings. The number of nitrogens with zero attached hydrogens (tertiary/aromatic N) is 3. The quantitative estimate of drug-likeness (QED) is 0.905. The van der Waals surface area contributed by atoms with Gasteiger partial charge in [-0.1, -0.05) is 30.3 Å². The van der Waals surface area contributed by atoms with Crippen LogP contribution < -0.4 is 5.32 Å². The predicted molar refractivity (Wildman–Crippen MR) is 104 cm³/mol. The van der Waals surface area contributed by atoms with Crippen LogP contribution in [-0.2, 0) is 0 Å². The minimum atomic E-state index is 0.194. The van der Waals surface area contributed by atoms with Gasteiger partial charge in [0.1, 0.15) is 0 Å². The van der Waals surface area contributed by atoms with Crippen molar-refractivity contribution in [2.45, 2.75) is 50.2 Å². The summed E-state index contributed by atoms with van der Waals surface area (Å²) in [7, 11) is 1.93. The molecule has 5 nitrogen and oxygen atoms in total. The average molecular weight is 357 g/mol. The molecule has 2 amide bonds. The number of carbonyl (C=O) groups is 1. The van der Waals surface area contributed by atoms with Crippen LogP contribution in [0.4, 0.5) is 4.79 Å². The van der Waals surface area contributed by atoms with E-state index in [-0.39, 0.29) is 12.1 Å². The highest BCUT2D eigenvalue weighted by atomic mass is 16.2. The molecule has 0 spiro atoms. The Morgan fingerprint density at radius 3 is 2.38 bits per heavy atom. The van der Waals surface area contributed by atoms with Crippen LogP contribution in [0.15, 0.2) is 30.3 Å². The Morgan fingerprint density at radius 2 is 1.73 bits per heavy atom. The molecule has 3 aliphatic rings. The van der Waals surface area contributed by atoms with Crippen LogP contribution >= 0.6 is 0 Å². The number of rotatable bonds is 3. The summed E-state index contributed by atoms with van der Waals surface area (Å²) < 4.78 is 0. The van der Waals surface area contributed by atoms with Gasteiger partial charge in [-0.15, -0.1) is 0 Å². The van der Waals surface area contributed by atoms with E-state index in [2.05, 4.69) is 46.3 Å². The van der Waals surface area contributed by atoms with Gasteiger partial charge in [0, 0.05) is 38.3 Å². The first kappa shape index (κ1) is 17.8. The monoisotopic (exact) mass is 356 g/mol. The van der Waals surface area contributed by atoms with Crippen molar-refractivity contribution in [2.24, 2.45) is 0 Å². The molecule has 0 saturated carbocycles. The Bertz CT molecular complexity index is 620. The Hall–Kier alpha value is -1.59. The molecule has 3 heterocycles. The maximum Gasteiger partial charge on any atom is 0.320 e. The van der Waals surface area contributed by atoms with Crippen LogP contribution in [0, 0.1) is 0 Å². The number of likely N-dealkylation sites (N-methyl/N-ethyl adjacent to an activating group) is 1. The highest BCUT2D eigenvalue weighted by Gasteiger charge is 2.43. The van der Waals surface area contributed by atoms with E-state index in [0.717, 1.165) is 45.6 Å². The van der Waals surface area contributed by atoms with E-state index < -0.39 is 0 Å². The van der Waals surface area contributed by atoms with Crippen LogP contribution in [0.3, 0.4) is 0 Å². The summed E-state index contributed by atoms with van der Waals surface area (Å²) in [6.07, 6.45) is 4.64. The molecule has 0 aliphatic carbocycles. The lowest BCUT2D eigenvalue weighted by Gasteiger charge is -2.48. The van der Waals surface area contributed by atoms with Crippen molar-refractivity contribution in [3.05, 3.63) is 35.9 Å². The first-order valence-electron chi connectivity index (χ1n) is 10.1. The third-order valence-electron chi connectivity index (χ3n) is 6.82. The maximum absolute atomic E-state index is 12.9. The fourth-order valence-corrected chi connectivity index (χ4v) is 5.07. The Labute approximate surface area is 157 Å². The van der Waals surface area contributed by atoms with E-state index in [1.54, 1.807) is 0 Å². The largest absolute Gasteiger partial charge is 0.325 e. The molecule has 3 fully saturated rings. The molecule has 0 radical (unpaired) electrons. The number of likely N-dealkylation sites (tertiary alicyclic amines) is 1. The summed E-state index contributed by atoms with van der Waals surface area (Å²) in [5, 5.41) is 3.48. The zero-order valence-electron chi connectivity index (χ0n) is 16.2. The van der Waals surface area contributed by atoms with E-state index in [1.165, 1.54) is 18.4 Å². The molecular weight excluding hydrogens is 324 g/mol. The van der Waals surface area contributed by atoms with Gasteiger partial charge in [0.2, 0.25) is 0 Å².